The van der Waals surface area contributed by atoms with Crippen LogP contribution in [0.5, 0.6) is 0 Å². The van der Waals surface area contributed by atoms with E-state index < -0.39 is 5.97 Å². The molecule has 2 aromatic rings. The molecular formula is C19H17NO4S2. The van der Waals surface area contributed by atoms with E-state index >= 15 is 0 Å². The van der Waals surface area contributed by atoms with Crippen molar-refractivity contribution in [1.29, 1.82) is 0 Å². The van der Waals surface area contributed by atoms with Gasteiger partial charge in [-0.25, -0.2) is 4.79 Å². The first-order valence-electron chi connectivity index (χ1n) is 7.99. The number of hydrogen-bond donors (Lipinski definition) is 0. The van der Waals surface area contributed by atoms with Crippen molar-refractivity contribution in [3.8, 4) is 11.3 Å². The largest absolute Gasteiger partial charge is 0.465 e. The molecular weight excluding hydrogens is 370 g/mol. The smallest absolute Gasteiger partial charge is 0.337 e. The number of benzene rings is 1. The normalized spacial score (nSPS) is 15.8. The van der Waals surface area contributed by atoms with E-state index in [4.69, 9.17) is 21.4 Å². The monoisotopic (exact) mass is 387 g/mol. The Morgan fingerprint density at radius 2 is 2.12 bits per heavy atom. The van der Waals surface area contributed by atoms with Crippen LogP contribution < -0.4 is 0 Å². The van der Waals surface area contributed by atoms with Gasteiger partial charge in [0.1, 0.15) is 15.8 Å². The van der Waals surface area contributed by atoms with Gasteiger partial charge in [0.15, 0.2) is 0 Å². The van der Waals surface area contributed by atoms with Crippen molar-refractivity contribution in [2.24, 2.45) is 0 Å². The van der Waals surface area contributed by atoms with E-state index in [0.717, 1.165) is 11.1 Å². The number of esters is 1. The molecule has 1 fully saturated rings. The summed E-state index contributed by atoms with van der Waals surface area (Å²) in [4.78, 5) is 26.1. The fourth-order valence-corrected chi connectivity index (χ4v) is 3.97. The number of carbonyl (C=O) groups is 2. The Balaban J connectivity index is 1.92. The molecule has 3 rings (SSSR count). The minimum Gasteiger partial charge on any atom is -0.465 e. The molecule has 1 saturated heterocycles. The lowest BCUT2D eigenvalue weighted by atomic mass is 10.0. The highest BCUT2D eigenvalue weighted by Gasteiger charge is 2.30. The number of thioether (sulfide) groups is 1. The second-order valence-electron chi connectivity index (χ2n) is 5.65. The number of aryl methyl sites for hydroxylation is 1. The summed E-state index contributed by atoms with van der Waals surface area (Å²) in [7, 11) is 1.35. The first kappa shape index (κ1) is 18.4. The number of rotatable bonds is 4. The predicted molar refractivity (Wildman–Crippen MR) is 106 cm³/mol. The molecule has 5 nitrogen and oxygen atoms in total. The molecule has 134 valence electrons. The second-order valence-corrected chi connectivity index (χ2v) is 7.33. The van der Waals surface area contributed by atoms with Gasteiger partial charge in [0.05, 0.1) is 17.6 Å². The third kappa shape index (κ3) is 3.45. The fraction of sp³-hybridized carbons (Fsp3) is 0.211. The summed E-state index contributed by atoms with van der Waals surface area (Å²) in [5.74, 6) is 0.663. The maximum absolute atomic E-state index is 12.3. The summed E-state index contributed by atoms with van der Waals surface area (Å²) < 4.78 is 11.2. The van der Waals surface area contributed by atoms with Crippen molar-refractivity contribution < 1.29 is 18.7 Å². The van der Waals surface area contributed by atoms with Gasteiger partial charge >= 0.3 is 5.97 Å². The molecule has 1 aliphatic heterocycles. The van der Waals surface area contributed by atoms with Gasteiger partial charge in [0, 0.05) is 18.2 Å². The number of ether oxygens (including phenoxy) is 1. The maximum atomic E-state index is 12.3. The minimum absolute atomic E-state index is 0.107. The molecule has 1 amide bonds. The first-order chi connectivity index (χ1) is 12.4. The topological polar surface area (TPSA) is 59.8 Å². The van der Waals surface area contributed by atoms with Gasteiger partial charge in [0.25, 0.3) is 5.91 Å². The van der Waals surface area contributed by atoms with Crippen LogP contribution in [-0.2, 0) is 9.53 Å². The molecule has 0 spiro atoms. The van der Waals surface area contributed by atoms with Gasteiger partial charge in [-0.2, -0.15) is 0 Å². The van der Waals surface area contributed by atoms with Crippen molar-refractivity contribution in [2.45, 2.75) is 13.8 Å². The molecule has 0 atom stereocenters. The van der Waals surface area contributed by atoms with E-state index in [1.54, 1.807) is 29.2 Å². The van der Waals surface area contributed by atoms with Crippen molar-refractivity contribution >= 4 is 46.3 Å². The predicted octanol–water partition coefficient (Wildman–Crippen LogP) is 4.26. The van der Waals surface area contributed by atoms with Crippen LogP contribution in [-0.4, -0.2) is 34.8 Å². The van der Waals surface area contributed by atoms with Crippen LogP contribution >= 0.6 is 24.0 Å². The Morgan fingerprint density at radius 3 is 2.77 bits per heavy atom. The number of furan rings is 1. The van der Waals surface area contributed by atoms with Gasteiger partial charge in [-0.3, -0.25) is 9.69 Å². The number of carbonyl (C=O) groups excluding carboxylic acids is 2. The number of nitrogens with zero attached hydrogens (tertiary/aromatic N) is 1. The Hall–Kier alpha value is -2.38. The van der Waals surface area contributed by atoms with Crippen molar-refractivity contribution in [2.75, 3.05) is 13.7 Å². The van der Waals surface area contributed by atoms with Crippen LogP contribution in [0.15, 0.2) is 39.7 Å². The number of thiocarbonyl (C=S) groups is 1. The molecule has 0 aliphatic carbocycles. The molecule has 26 heavy (non-hydrogen) atoms. The Labute approximate surface area is 161 Å². The third-order valence-corrected chi connectivity index (χ3v) is 5.39. The fourth-order valence-electron chi connectivity index (χ4n) is 2.61. The molecule has 7 heteroatoms. The maximum Gasteiger partial charge on any atom is 0.337 e. The molecule has 2 heterocycles. The van der Waals surface area contributed by atoms with Gasteiger partial charge in [-0.05, 0) is 43.7 Å². The zero-order valence-corrected chi connectivity index (χ0v) is 16.2. The highest BCUT2D eigenvalue weighted by molar-refractivity contribution is 8.26. The standard InChI is InChI=1S/C19H17NO4S2/c1-4-20-17(21)16(26-19(20)25)10-13-7-8-15(24-13)14-9-12(18(22)23-3)6-5-11(14)2/h5-10H,4H2,1-3H3. The summed E-state index contributed by atoms with van der Waals surface area (Å²) in [5, 5.41) is 0. The van der Waals surface area contributed by atoms with E-state index in [2.05, 4.69) is 0 Å². The van der Waals surface area contributed by atoms with Crippen LogP contribution in [0.4, 0.5) is 0 Å². The SMILES string of the molecule is CCN1C(=O)C(=Cc2ccc(-c3cc(C(=O)OC)ccc3C)o2)SC1=S. The van der Waals surface area contributed by atoms with Crippen LogP contribution in [0.2, 0.25) is 0 Å². The number of likely N-dealkylation sites (N-methyl/N-ethyl adjacent to an activating group) is 1. The van der Waals surface area contributed by atoms with Crippen LogP contribution in [0.3, 0.4) is 0 Å². The van der Waals surface area contributed by atoms with Crippen molar-refractivity contribution in [1.82, 2.24) is 4.90 Å². The van der Waals surface area contributed by atoms with E-state index in [9.17, 15) is 9.59 Å². The molecule has 0 N–H and O–H groups in total. The lowest BCUT2D eigenvalue weighted by Crippen LogP contribution is -2.27. The second kappa shape index (κ2) is 7.47. The summed E-state index contributed by atoms with van der Waals surface area (Å²) in [6, 6.07) is 8.90. The minimum atomic E-state index is -0.402. The quantitative estimate of drug-likeness (QED) is 0.444. The van der Waals surface area contributed by atoms with E-state index in [-0.39, 0.29) is 5.91 Å². The Kier molecular flexibility index (Phi) is 5.29. The molecule has 0 unspecified atom stereocenters. The summed E-state index contributed by atoms with van der Waals surface area (Å²) in [6.45, 7) is 4.37. The first-order valence-corrected chi connectivity index (χ1v) is 9.21. The Morgan fingerprint density at radius 1 is 1.35 bits per heavy atom. The summed E-state index contributed by atoms with van der Waals surface area (Å²) in [6.07, 6.45) is 1.69. The highest BCUT2D eigenvalue weighted by Crippen LogP contribution is 2.34. The zero-order chi connectivity index (χ0) is 18.8. The lowest BCUT2D eigenvalue weighted by molar-refractivity contribution is -0.122. The third-order valence-electron chi connectivity index (χ3n) is 4.01. The summed E-state index contributed by atoms with van der Waals surface area (Å²) in [5.41, 5.74) is 2.22. The number of amides is 1. The number of hydrogen-bond acceptors (Lipinski definition) is 6. The molecule has 1 aromatic heterocycles. The number of methoxy groups -OCH3 is 1. The van der Waals surface area contributed by atoms with E-state index in [1.165, 1.54) is 18.9 Å². The van der Waals surface area contributed by atoms with Gasteiger partial charge < -0.3 is 9.15 Å². The average molecular weight is 387 g/mol. The summed E-state index contributed by atoms with van der Waals surface area (Å²) >= 11 is 6.48. The van der Waals surface area contributed by atoms with Crippen molar-refractivity contribution in [3.63, 3.8) is 0 Å². The Bertz CT molecular complexity index is 929. The van der Waals surface area contributed by atoms with Crippen LogP contribution in [0.1, 0.15) is 28.6 Å². The molecule has 1 aliphatic rings. The van der Waals surface area contributed by atoms with Crippen LogP contribution in [0, 0.1) is 6.92 Å². The van der Waals surface area contributed by atoms with E-state index in [1.807, 2.05) is 26.0 Å². The van der Waals surface area contributed by atoms with Crippen LogP contribution in [0.25, 0.3) is 17.4 Å². The molecule has 0 saturated carbocycles. The van der Waals surface area contributed by atoms with Gasteiger partial charge in [-0.15, -0.1) is 0 Å². The molecule has 0 bridgehead atoms. The molecule has 0 radical (unpaired) electrons. The van der Waals surface area contributed by atoms with Gasteiger partial charge in [0.2, 0.25) is 0 Å². The van der Waals surface area contributed by atoms with Crippen molar-refractivity contribution in [3.05, 3.63) is 52.1 Å². The highest BCUT2D eigenvalue weighted by atomic mass is 32.2. The lowest BCUT2D eigenvalue weighted by Gasteiger charge is -2.09. The average Bonchev–Trinajstić information content (AvgIpc) is 3.19. The zero-order valence-electron chi connectivity index (χ0n) is 14.6. The van der Waals surface area contributed by atoms with Gasteiger partial charge in [-0.1, -0.05) is 30.0 Å². The molecule has 1 aromatic carbocycles. The van der Waals surface area contributed by atoms with E-state index in [0.29, 0.717) is 32.9 Å².